The first-order valence-electron chi connectivity index (χ1n) is 9.15. The molecule has 3 N–H and O–H groups in total. The summed E-state index contributed by atoms with van der Waals surface area (Å²) in [6, 6.07) is 0. The first kappa shape index (κ1) is 20.6. The van der Waals surface area contributed by atoms with E-state index in [0.29, 0.717) is 30.7 Å². The van der Waals surface area contributed by atoms with E-state index in [2.05, 4.69) is 25.4 Å². The van der Waals surface area contributed by atoms with Crippen LogP contribution in [0.3, 0.4) is 0 Å². The number of hydrogen-bond donors (Lipinski definition) is 3. The molecule has 1 aliphatic heterocycles. The number of amides is 1. The Balaban J connectivity index is 0.000000755. The normalized spacial score (nSPS) is 15.3. The Labute approximate surface area is 170 Å². The van der Waals surface area contributed by atoms with Gasteiger partial charge < -0.3 is 15.4 Å². The van der Waals surface area contributed by atoms with Crippen LogP contribution in [0.25, 0.3) is 10.2 Å². The van der Waals surface area contributed by atoms with Crippen LogP contribution in [0.5, 0.6) is 0 Å². The van der Waals surface area contributed by atoms with E-state index in [1.54, 1.807) is 4.68 Å². The first-order valence-corrected chi connectivity index (χ1v) is 9.97. The Morgan fingerprint density at radius 1 is 1.48 bits per heavy atom. The van der Waals surface area contributed by atoms with Gasteiger partial charge in [-0.25, -0.2) is 14.6 Å². The van der Waals surface area contributed by atoms with E-state index in [4.69, 9.17) is 9.90 Å². The van der Waals surface area contributed by atoms with Crippen molar-refractivity contribution in [2.24, 2.45) is 5.92 Å². The molecule has 1 atom stereocenters. The summed E-state index contributed by atoms with van der Waals surface area (Å²) >= 11 is 1.53. The number of carbonyl (C=O) groups excluding carboxylic acids is 1. The third-order valence-corrected chi connectivity index (χ3v) is 6.03. The predicted molar refractivity (Wildman–Crippen MR) is 107 cm³/mol. The van der Waals surface area contributed by atoms with E-state index in [1.807, 2.05) is 13.8 Å². The summed E-state index contributed by atoms with van der Waals surface area (Å²) in [5.41, 5.74) is 0.882. The van der Waals surface area contributed by atoms with Crippen molar-refractivity contribution in [3.8, 4) is 0 Å². The Hall–Kier alpha value is -3.08. The Kier molecular flexibility index (Phi) is 6.37. The maximum atomic E-state index is 12.4. The van der Waals surface area contributed by atoms with Crippen LogP contribution in [-0.2, 0) is 29.0 Å². The fraction of sp³-hybridized carbons (Fsp3) is 0.444. The predicted octanol–water partition coefficient (Wildman–Crippen LogP) is 0.815. The lowest BCUT2D eigenvalue weighted by Crippen LogP contribution is -2.37. The van der Waals surface area contributed by atoms with E-state index in [0.717, 1.165) is 33.9 Å². The second-order valence-electron chi connectivity index (χ2n) is 6.72. The van der Waals surface area contributed by atoms with Gasteiger partial charge in [0.15, 0.2) is 0 Å². The molecule has 29 heavy (non-hydrogen) atoms. The molecule has 0 aromatic carbocycles. The number of aromatic nitrogens is 5. The van der Waals surface area contributed by atoms with Gasteiger partial charge in [0.05, 0.1) is 17.8 Å². The number of aryl methyl sites for hydroxylation is 3. The molecule has 4 rings (SSSR count). The number of nitrogens with one attached hydrogen (secondary N) is 2. The van der Waals surface area contributed by atoms with Crippen LogP contribution in [0.15, 0.2) is 11.1 Å². The van der Waals surface area contributed by atoms with Crippen molar-refractivity contribution in [3.63, 3.8) is 0 Å². The third-order valence-electron chi connectivity index (χ3n) is 4.93. The third kappa shape index (κ3) is 4.50. The van der Waals surface area contributed by atoms with Crippen molar-refractivity contribution in [2.45, 2.75) is 39.7 Å². The fourth-order valence-electron chi connectivity index (χ4n) is 3.32. The molecule has 0 fully saturated rings. The molecule has 1 unspecified atom stereocenters. The van der Waals surface area contributed by atoms with E-state index < -0.39 is 0 Å². The minimum Gasteiger partial charge on any atom is -0.483 e. The summed E-state index contributed by atoms with van der Waals surface area (Å²) in [5.74, 6) is 1.45. The summed E-state index contributed by atoms with van der Waals surface area (Å²) in [4.78, 5) is 46.4. The molecule has 0 aliphatic carbocycles. The van der Waals surface area contributed by atoms with Crippen LogP contribution < -0.4 is 10.9 Å². The standard InChI is InChI=1S/C17H20N6O2S.CH2O2/c1-9-10(2)26-17-14(9)16(25)21-12(22-17)5-6-18-15(24)11-3-4-13-19-8-20-23(13)7-11;2-1-3/h8,11H,3-7H2,1-2H3,(H,18,24)(H,21,22,25);1H,(H,2,3). The molecular weight excluding hydrogens is 396 g/mol. The molecule has 1 aliphatic rings. The molecule has 0 saturated carbocycles. The summed E-state index contributed by atoms with van der Waals surface area (Å²) < 4.78 is 1.79. The fourth-order valence-corrected chi connectivity index (χ4v) is 4.37. The SMILES string of the molecule is Cc1sc2nc(CCNC(=O)C3CCc4ncnn4C3)[nH]c(=O)c2c1C.O=CO. The molecule has 0 spiro atoms. The van der Waals surface area contributed by atoms with Gasteiger partial charge in [-0.15, -0.1) is 11.3 Å². The molecule has 1 amide bonds. The monoisotopic (exact) mass is 418 g/mol. The zero-order chi connectivity index (χ0) is 21.0. The maximum absolute atomic E-state index is 12.4. The largest absolute Gasteiger partial charge is 0.483 e. The van der Waals surface area contributed by atoms with Crippen LogP contribution >= 0.6 is 11.3 Å². The number of fused-ring (bicyclic) bond motifs is 2. The van der Waals surface area contributed by atoms with E-state index >= 15 is 0 Å². The zero-order valence-corrected chi connectivity index (χ0v) is 17.0. The van der Waals surface area contributed by atoms with Gasteiger partial charge >= 0.3 is 0 Å². The molecule has 0 saturated heterocycles. The van der Waals surface area contributed by atoms with Crippen LogP contribution in [0.4, 0.5) is 0 Å². The topological polar surface area (TPSA) is 143 Å². The Bertz CT molecular complexity index is 1090. The van der Waals surface area contributed by atoms with Gasteiger partial charge in [-0.2, -0.15) is 5.10 Å². The second kappa shape index (κ2) is 8.95. The minimum atomic E-state index is -0.250. The van der Waals surface area contributed by atoms with Crippen LogP contribution in [-0.4, -0.2) is 48.8 Å². The molecular formula is C18H22N6O4S. The maximum Gasteiger partial charge on any atom is 0.290 e. The zero-order valence-electron chi connectivity index (χ0n) is 16.1. The molecule has 3 aromatic rings. The highest BCUT2D eigenvalue weighted by Crippen LogP contribution is 2.25. The molecule has 10 nitrogen and oxygen atoms in total. The van der Waals surface area contributed by atoms with Gasteiger partial charge in [-0.05, 0) is 25.8 Å². The summed E-state index contributed by atoms with van der Waals surface area (Å²) in [6.07, 6.45) is 3.57. The lowest BCUT2D eigenvalue weighted by molar-refractivity contribution is -0.126. The molecule has 154 valence electrons. The van der Waals surface area contributed by atoms with Gasteiger partial charge in [0.2, 0.25) is 5.91 Å². The van der Waals surface area contributed by atoms with E-state index in [-0.39, 0.29) is 23.9 Å². The minimum absolute atomic E-state index is 0.0115. The van der Waals surface area contributed by atoms with Gasteiger partial charge in [0, 0.05) is 24.3 Å². The van der Waals surface area contributed by atoms with Gasteiger partial charge in [-0.1, -0.05) is 0 Å². The first-order chi connectivity index (χ1) is 13.9. The highest BCUT2D eigenvalue weighted by molar-refractivity contribution is 7.18. The van der Waals surface area contributed by atoms with Crippen LogP contribution in [0.2, 0.25) is 0 Å². The van der Waals surface area contributed by atoms with Crippen molar-refractivity contribution in [1.29, 1.82) is 0 Å². The molecule has 11 heteroatoms. The number of thiophene rings is 1. The number of hydrogen-bond acceptors (Lipinski definition) is 7. The number of nitrogens with zero attached hydrogens (tertiary/aromatic N) is 4. The number of H-pyrrole nitrogens is 1. The summed E-state index contributed by atoms with van der Waals surface area (Å²) in [6.45, 7) is 4.69. The number of rotatable bonds is 4. The molecule has 3 aromatic heterocycles. The number of carboxylic acid groups (broad SMARTS) is 1. The van der Waals surface area contributed by atoms with Gasteiger partial charge in [-0.3, -0.25) is 14.4 Å². The lowest BCUT2D eigenvalue weighted by Gasteiger charge is -2.21. The highest BCUT2D eigenvalue weighted by Gasteiger charge is 2.25. The quantitative estimate of drug-likeness (QED) is 0.532. The Morgan fingerprint density at radius 2 is 2.24 bits per heavy atom. The average molecular weight is 418 g/mol. The number of aromatic amines is 1. The van der Waals surface area contributed by atoms with Gasteiger partial charge in [0.1, 0.15) is 22.8 Å². The van der Waals surface area contributed by atoms with Crippen molar-refractivity contribution < 1.29 is 14.7 Å². The van der Waals surface area contributed by atoms with Crippen LogP contribution in [0, 0.1) is 19.8 Å². The van der Waals surface area contributed by atoms with Crippen LogP contribution in [0.1, 0.15) is 28.5 Å². The average Bonchev–Trinajstić information content (AvgIpc) is 3.26. The van der Waals surface area contributed by atoms with E-state index in [9.17, 15) is 9.59 Å². The number of carbonyl (C=O) groups is 2. The highest BCUT2D eigenvalue weighted by atomic mass is 32.1. The van der Waals surface area contributed by atoms with Crippen molar-refractivity contribution >= 4 is 33.9 Å². The summed E-state index contributed by atoms with van der Waals surface area (Å²) in [5, 5.41) is 14.7. The van der Waals surface area contributed by atoms with Crippen molar-refractivity contribution in [3.05, 3.63) is 38.8 Å². The van der Waals surface area contributed by atoms with E-state index in [1.165, 1.54) is 17.7 Å². The lowest BCUT2D eigenvalue weighted by atomic mass is 9.99. The molecule has 0 bridgehead atoms. The smallest absolute Gasteiger partial charge is 0.290 e. The second-order valence-corrected chi connectivity index (χ2v) is 7.92. The van der Waals surface area contributed by atoms with Gasteiger partial charge in [0.25, 0.3) is 12.0 Å². The Morgan fingerprint density at radius 3 is 3.00 bits per heavy atom. The summed E-state index contributed by atoms with van der Waals surface area (Å²) in [7, 11) is 0. The van der Waals surface area contributed by atoms with Crippen molar-refractivity contribution in [2.75, 3.05) is 6.54 Å². The van der Waals surface area contributed by atoms with Crippen molar-refractivity contribution in [1.82, 2.24) is 30.0 Å². The molecule has 0 radical (unpaired) electrons. The molecule has 4 heterocycles.